The van der Waals surface area contributed by atoms with Crippen LogP contribution in [-0.2, 0) is 15.7 Å². The third-order valence-corrected chi connectivity index (χ3v) is 2.53. The van der Waals surface area contributed by atoms with Gasteiger partial charge in [0.2, 0.25) is 0 Å². The van der Waals surface area contributed by atoms with Crippen LogP contribution in [0.15, 0.2) is 12.1 Å². The van der Waals surface area contributed by atoms with Crippen LogP contribution in [-0.4, -0.2) is 22.8 Å². The zero-order chi connectivity index (χ0) is 14.8. The van der Waals surface area contributed by atoms with Crippen molar-refractivity contribution in [3.63, 3.8) is 0 Å². The number of rotatable bonds is 3. The minimum Gasteiger partial charge on any atom is -0.506 e. The van der Waals surface area contributed by atoms with Gasteiger partial charge in [-0.3, -0.25) is 0 Å². The standard InChI is InChI=1S/C11H10ClF3O4/c1-2-19-10(18)9(17)5-3-7(12)8(16)4-6(5)11(13,14)15/h3-4,9,16-17H,2H2,1H3. The Bertz CT molecular complexity index is 488. The van der Waals surface area contributed by atoms with E-state index in [1.165, 1.54) is 6.92 Å². The second kappa shape index (κ2) is 5.66. The molecule has 19 heavy (non-hydrogen) atoms. The van der Waals surface area contributed by atoms with Crippen LogP contribution in [0.25, 0.3) is 0 Å². The molecule has 0 heterocycles. The minimum absolute atomic E-state index is 0.0942. The second-order valence-corrected chi connectivity index (χ2v) is 3.95. The maximum Gasteiger partial charge on any atom is 0.416 e. The average molecular weight is 299 g/mol. The molecule has 0 aliphatic rings. The summed E-state index contributed by atoms with van der Waals surface area (Å²) in [6, 6.07) is 1.03. The maximum atomic E-state index is 12.8. The van der Waals surface area contributed by atoms with E-state index in [2.05, 4.69) is 4.74 Å². The molecule has 0 aromatic heterocycles. The van der Waals surface area contributed by atoms with E-state index in [4.69, 9.17) is 11.6 Å². The Labute approximate surface area is 111 Å². The number of carbonyl (C=O) groups is 1. The van der Waals surface area contributed by atoms with Crippen LogP contribution in [0, 0.1) is 0 Å². The summed E-state index contributed by atoms with van der Waals surface area (Å²) in [4.78, 5) is 11.3. The Hall–Kier alpha value is -1.47. The van der Waals surface area contributed by atoms with Crippen molar-refractivity contribution in [1.82, 2.24) is 0 Å². The third-order valence-electron chi connectivity index (χ3n) is 2.23. The van der Waals surface area contributed by atoms with E-state index >= 15 is 0 Å². The van der Waals surface area contributed by atoms with Gasteiger partial charge in [0.05, 0.1) is 17.2 Å². The van der Waals surface area contributed by atoms with Gasteiger partial charge in [-0.2, -0.15) is 13.2 Å². The number of alkyl halides is 3. The van der Waals surface area contributed by atoms with Gasteiger partial charge in [-0.15, -0.1) is 0 Å². The summed E-state index contributed by atoms with van der Waals surface area (Å²) in [7, 11) is 0. The van der Waals surface area contributed by atoms with Gasteiger partial charge in [0.1, 0.15) is 5.75 Å². The molecule has 1 rings (SSSR count). The Morgan fingerprint density at radius 3 is 2.53 bits per heavy atom. The van der Waals surface area contributed by atoms with Gasteiger partial charge in [-0.1, -0.05) is 11.6 Å². The zero-order valence-electron chi connectivity index (χ0n) is 9.66. The minimum atomic E-state index is -4.86. The third kappa shape index (κ3) is 3.51. The number of benzene rings is 1. The summed E-state index contributed by atoms with van der Waals surface area (Å²) in [6.07, 6.45) is -6.99. The first-order chi connectivity index (χ1) is 8.68. The Morgan fingerprint density at radius 1 is 1.47 bits per heavy atom. The van der Waals surface area contributed by atoms with Gasteiger partial charge < -0.3 is 14.9 Å². The number of hydrogen-bond donors (Lipinski definition) is 2. The maximum absolute atomic E-state index is 12.8. The highest BCUT2D eigenvalue weighted by Crippen LogP contribution is 2.39. The van der Waals surface area contributed by atoms with E-state index in [0.717, 1.165) is 0 Å². The van der Waals surface area contributed by atoms with Crippen LogP contribution < -0.4 is 0 Å². The Morgan fingerprint density at radius 2 is 2.05 bits per heavy atom. The number of ether oxygens (including phenoxy) is 1. The highest BCUT2D eigenvalue weighted by molar-refractivity contribution is 6.32. The van der Waals surface area contributed by atoms with Crippen LogP contribution in [0.4, 0.5) is 13.2 Å². The van der Waals surface area contributed by atoms with Crippen molar-refractivity contribution in [1.29, 1.82) is 0 Å². The highest BCUT2D eigenvalue weighted by atomic mass is 35.5. The Kier molecular flexibility index (Phi) is 4.65. The van der Waals surface area contributed by atoms with Crippen LogP contribution in [0.1, 0.15) is 24.2 Å². The first-order valence-corrected chi connectivity index (χ1v) is 5.50. The van der Waals surface area contributed by atoms with Crippen molar-refractivity contribution in [3.8, 4) is 5.75 Å². The van der Waals surface area contributed by atoms with E-state index in [-0.39, 0.29) is 6.61 Å². The molecule has 106 valence electrons. The highest BCUT2D eigenvalue weighted by Gasteiger charge is 2.38. The lowest BCUT2D eigenvalue weighted by Gasteiger charge is -2.17. The molecule has 0 spiro atoms. The Balaban J connectivity index is 3.33. The predicted molar refractivity (Wildman–Crippen MR) is 59.7 cm³/mol. The largest absolute Gasteiger partial charge is 0.506 e. The molecule has 0 fully saturated rings. The fourth-order valence-electron chi connectivity index (χ4n) is 1.40. The molecule has 4 nitrogen and oxygen atoms in total. The molecule has 1 aromatic carbocycles. The van der Waals surface area contributed by atoms with E-state index in [9.17, 15) is 28.2 Å². The molecule has 0 amide bonds. The molecule has 1 unspecified atom stereocenters. The average Bonchev–Trinajstić information content (AvgIpc) is 2.30. The summed E-state index contributed by atoms with van der Waals surface area (Å²) >= 11 is 5.48. The molecule has 0 saturated carbocycles. The van der Waals surface area contributed by atoms with E-state index in [1.54, 1.807) is 0 Å². The molecule has 0 saturated heterocycles. The number of aliphatic hydroxyl groups excluding tert-OH is 1. The molecule has 1 atom stereocenters. The molecule has 0 aliphatic heterocycles. The number of aliphatic hydroxyl groups is 1. The first-order valence-electron chi connectivity index (χ1n) is 5.12. The van der Waals surface area contributed by atoms with Crippen LogP contribution in [0.5, 0.6) is 5.75 Å². The summed E-state index contributed by atoms with van der Waals surface area (Å²) in [6.45, 7) is 1.35. The summed E-state index contributed by atoms with van der Waals surface area (Å²) in [5.41, 5.74) is -2.12. The molecule has 1 aromatic rings. The lowest BCUT2D eigenvalue weighted by Crippen LogP contribution is -2.20. The van der Waals surface area contributed by atoms with Gasteiger partial charge in [0.15, 0.2) is 6.10 Å². The number of aromatic hydroxyl groups is 1. The van der Waals surface area contributed by atoms with Gasteiger partial charge in [-0.05, 0) is 19.1 Å². The molecule has 2 N–H and O–H groups in total. The molecule has 0 bridgehead atoms. The SMILES string of the molecule is CCOC(=O)C(O)c1cc(Cl)c(O)cc1C(F)(F)F. The lowest BCUT2D eigenvalue weighted by atomic mass is 10.0. The van der Waals surface area contributed by atoms with Gasteiger partial charge in [-0.25, -0.2) is 4.79 Å². The summed E-state index contributed by atoms with van der Waals surface area (Å²) in [5.74, 6) is -2.02. The topological polar surface area (TPSA) is 66.8 Å². The molecule has 0 aliphatic carbocycles. The number of halogens is 4. The smallest absolute Gasteiger partial charge is 0.416 e. The van der Waals surface area contributed by atoms with Crippen molar-refractivity contribution in [3.05, 3.63) is 28.3 Å². The van der Waals surface area contributed by atoms with Crippen LogP contribution in [0.2, 0.25) is 5.02 Å². The lowest BCUT2D eigenvalue weighted by molar-refractivity contribution is -0.155. The summed E-state index contributed by atoms with van der Waals surface area (Å²) < 4.78 is 42.7. The molecular formula is C11H10ClF3O4. The number of phenolic OH excluding ortho intramolecular Hbond substituents is 1. The fraction of sp³-hybridized carbons (Fsp3) is 0.364. The number of phenols is 1. The quantitative estimate of drug-likeness (QED) is 0.842. The second-order valence-electron chi connectivity index (χ2n) is 3.54. The molecule has 0 radical (unpaired) electrons. The van der Waals surface area contributed by atoms with Crippen LogP contribution >= 0.6 is 11.6 Å². The van der Waals surface area contributed by atoms with Crippen molar-refractivity contribution >= 4 is 17.6 Å². The summed E-state index contributed by atoms with van der Waals surface area (Å²) in [5, 5.41) is 18.3. The van der Waals surface area contributed by atoms with Crippen molar-refractivity contribution in [2.24, 2.45) is 0 Å². The number of carbonyl (C=O) groups excluding carboxylic acids is 1. The van der Waals surface area contributed by atoms with Crippen molar-refractivity contribution < 1.29 is 32.9 Å². The monoisotopic (exact) mass is 298 g/mol. The number of esters is 1. The molecular weight excluding hydrogens is 289 g/mol. The predicted octanol–water partition coefficient (Wildman–Crippen LogP) is 2.66. The van der Waals surface area contributed by atoms with Gasteiger partial charge >= 0.3 is 12.1 Å². The fourth-order valence-corrected chi connectivity index (χ4v) is 1.57. The van der Waals surface area contributed by atoms with E-state index < -0.39 is 40.1 Å². The first kappa shape index (κ1) is 15.6. The van der Waals surface area contributed by atoms with Gasteiger partial charge in [0, 0.05) is 5.56 Å². The van der Waals surface area contributed by atoms with Crippen molar-refractivity contribution in [2.75, 3.05) is 6.61 Å². The van der Waals surface area contributed by atoms with Crippen molar-refractivity contribution in [2.45, 2.75) is 19.2 Å². The number of hydrogen-bond acceptors (Lipinski definition) is 4. The normalized spacial score (nSPS) is 13.2. The zero-order valence-corrected chi connectivity index (χ0v) is 10.4. The van der Waals surface area contributed by atoms with Gasteiger partial charge in [0.25, 0.3) is 0 Å². The van der Waals surface area contributed by atoms with Crippen LogP contribution in [0.3, 0.4) is 0 Å². The van der Waals surface area contributed by atoms with E-state index in [0.29, 0.717) is 12.1 Å². The van der Waals surface area contributed by atoms with E-state index in [1.807, 2.05) is 0 Å². The molecule has 8 heteroatoms.